The van der Waals surface area contributed by atoms with Crippen LogP contribution in [0.2, 0.25) is 13.3 Å². The van der Waals surface area contributed by atoms with Crippen molar-refractivity contribution in [2.24, 2.45) is 7.05 Å². The minimum atomic E-state index is -2.56. The summed E-state index contributed by atoms with van der Waals surface area (Å²) in [5, 5.41) is 5.54. The van der Waals surface area contributed by atoms with E-state index in [-0.39, 0.29) is 0 Å². The number of hydrogen-bond acceptors (Lipinski definition) is 3. The molecule has 0 saturated carbocycles. The molecule has 2 aromatic heterocycles. The Morgan fingerprint density at radius 3 is 2.14 bits per heavy atom. The average molecular weight is 499 g/mol. The normalized spacial score (nSPS) is 12.0. The molecule has 0 unspecified atom stereocenters. The van der Waals surface area contributed by atoms with Crippen molar-refractivity contribution in [3.63, 3.8) is 0 Å². The summed E-state index contributed by atoms with van der Waals surface area (Å²) in [6, 6.07) is 6.52. The van der Waals surface area contributed by atoms with Crippen molar-refractivity contribution in [3.8, 4) is 11.3 Å². The van der Waals surface area contributed by atoms with Crippen LogP contribution in [-0.2, 0) is 7.05 Å². The molecule has 0 fully saturated rings. The Balaban J connectivity index is 2.00. The van der Waals surface area contributed by atoms with Gasteiger partial charge >= 0.3 is 180 Å². The molecular weight excluding hydrogens is 463 g/mol. The van der Waals surface area contributed by atoms with Crippen molar-refractivity contribution in [3.05, 3.63) is 36.8 Å². The summed E-state index contributed by atoms with van der Waals surface area (Å²) in [5.74, 6) is 0. The van der Waals surface area contributed by atoms with E-state index in [1.165, 1.54) is 55.5 Å². The average Bonchev–Trinajstić information content (AvgIpc) is 3.14. The fraction of sp³-hybridized carbons (Fsp3) is 0.542. The molecule has 0 aliphatic carbocycles. The molecule has 29 heavy (non-hydrogen) atoms. The summed E-state index contributed by atoms with van der Waals surface area (Å²) in [6.45, 7) is 6.96. The summed E-state index contributed by atoms with van der Waals surface area (Å²) in [6.07, 6.45) is 13.9. The second-order valence-corrected chi connectivity index (χ2v) is 21.5. The van der Waals surface area contributed by atoms with Crippen LogP contribution in [0.1, 0.15) is 59.3 Å². The Labute approximate surface area is 180 Å². The number of aromatic nitrogens is 4. The van der Waals surface area contributed by atoms with Crippen LogP contribution in [0.15, 0.2) is 36.8 Å². The third kappa shape index (κ3) is 5.19. The number of nitrogens with zero attached hydrogens (tertiary/aromatic N) is 4. The Bertz CT molecular complexity index is 896. The second-order valence-electron chi connectivity index (χ2n) is 8.42. The molecule has 0 amide bonds. The van der Waals surface area contributed by atoms with Gasteiger partial charge in [0.05, 0.1) is 0 Å². The first kappa shape index (κ1) is 22.3. The van der Waals surface area contributed by atoms with Crippen LogP contribution >= 0.6 is 0 Å². The maximum absolute atomic E-state index is 5.29. The van der Waals surface area contributed by atoms with E-state index in [9.17, 15) is 0 Å². The zero-order valence-corrected chi connectivity index (χ0v) is 21.5. The van der Waals surface area contributed by atoms with Gasteiger partial charge in [-0.25, -0.2) is 0 Å². The zero-order valence-electron chi connectivity index (χ0n) is 18.6. The van der Waals surface area contributed by atoms with Crippen molar-refractivity contribution in [1.29, 1.82) is 0 Å². The van der Waals surface area contributed by atoms with Crippen molar-refractivity contribution >= 4 is 33.0 Å². The van der Waals surface area contributed by atoms with Gasteiger partial charge in [-0.1, -0.05) is 0 Å². The molecule has 5 heteroatoms. The molecular formula is C24H36N4Sn. The number of aryl methyl sites for hydroxylation is 1. The van der Waals surface area contributed by atoms with Crippen LogP contribution in [-0.4, -0.2) is 38.1 Å². The molecule has 0 aliphatic rings. The van der Waals surface area contributed by atoms with Gasteiger partial charge < -0.3 is 0 Å². The van der Waals surface area contributed by atoms with Gasteiger partial charge in [-0.15, -0.1) is 0 Å². The summed E-state index contributed by atoms with van der Waals surface area (Å²) >= 11 is -2.56. The number of rotatable bonds is 11. The molecule has 3 rings (SSSR count). The summed E-state index contributed by atoms with van der Waals surface area (Å²) < 4.78 is 7.59. The fourth-order valence-corrected chi connectivity index (χ4v) is 19.6. The summed E-state index contributed by atoms with van der Waals surface area (Å²) in [4.78, 5) is 10.00. The molecule has 156 valence electrons. The van der Waals surface area contributed by atoms with Gasteiger partial charge in [0.15, 0.2) is 0 Å². The number of fused-ring (bicyclic) bond motifs is 1. The molecule has 0 N–H and O–H groups in total. The van der Waals surface area contributed by atoms with E-state index in [0.29, 0.717) is 0 Å². The topological polar surface area (TPSA) is 43.6 Å². The van der Waals surface area contributed by atoms with Gasteiger partial charge in [0, 0.05) is 0 Å². The number of hydrogen-bond donors (Lipinski definition) is 0. The molecule has 3 aromatic rings. The van der Waals surface area contributed by atoms with E-state index in [0.717, 1.165) is 22.2 Å². The molecule has 0 spiro atoms. The summed E-state index contributed by atoms with van der Waals surface area (Å²) in [5.41, 5.74) is 3.33. The van der Waals surface area contributed by atoms with Crippen LogP contribution in [0, 0.1) is 0 Å². The van der Waals surface area contributed by atoms with Crippen LogP contribution in [0.4, 0.5) is 0 Å². The first-order valence-electron chi connectivity index (χ1n) is 11.4. The minimum absolute atomic E-state index is 1.03. The fourth-order valence-electron chi connectivity index (χ4n) is 4.39. The first-order valence-corrected chi connectivity index (χ1v) is 18.9. The van der Waals surface area contributed by atoms with Crippen LogP contribution < -0.4 is 3.71 Å². The third-order valence-corrected chi connectivity index (χ3v) is 21.3. The number of benzene rings is 1. The van der Waals surface area contributed by atoms with Crippen LogP contribution in [0.25, 0.3) is 22.2 Å². The molecule has 2 heterocycles. The molecule has 0 aliphatic heterocycles. The molecule has 0 radical (unpaired) electrons. The van der Waals surface area contributed by atoms with Crippen LogP contribution in [0.5, 0.6) is 0 Å². The Morgan fingerprint density at radius 1 is 0.862 bits per heavy atom. The van der Waals surface area contributed by atoms with E-state index in [4.69, 9.17) is 9.97 Å². The molecule has 0 atom stereocenters. The number of unbranched alkanes of at least 4 members (excludes halogenated alkanes) is 3. The van der Waals surface area contributed by atoms with E-state index in [1.807, 2.05) is 24.1 Å². The first-order chi connectivity index (χ1) is 14.1. The Kier molecular flexibility index (Phi) is 8.10. The standard InChI is InChI=1S/C12H9N4.3C4H9.Sn/c1-16-12-3-2-9(6-10(12)7-15-16)11-8-13-4-5-14-11;3*1-3-4-2;/h2-4,6-8H,1H3;3*1,3-4H2,2H3;. The Hall–Kier alpha value is -1.43. The third-order valence-electron chi connectivity index (χ3n) is 6.25. The maximum atomic E-state index is 5.29. The van der Waals surface area contributed by atoms with Crippen molar-refractivity contribution in [2.75, 3.05) is 0 Å². The molecule has 1 aromatic carbocycles. The predicted molar refractivity (Wildman–Crippen MR) is 126 cm³/mol. The zero-order chi connectivity index (χ0) is 20.7. The van der Waals surface area contributed by atoms with Gasteiger partial charge in [0.2, 0.25) is 0 Å². The quantitative estimate of drug-likeness (QED) is 0.300. The van der Waals surface area contributed by atoms with Gasteiger partial charge in [-0.3, -0.25) is 0 Å². The van der Waals surface area contributed by atoms with E-state index < -0.39 is 18.4 Å². The monoisotopic (exact) mass is 500 g/mol. The molecule has 0 bridgehead atoms. The van der Waals surface area contributed by atoms with Gasteiger partial charge in [-0.05, 0) is 0 Å². The molecule has 0 saturated heterocycles. The molecule has 4 nitrogen and oxygen atoms in total. The van der Waals surface area contributed by atoms with E-state index in [1.54, 1.807) is 0 Å². The predicted octanol–water partition coefficient (Wildman–Crippen LogP) is 6.09. The Morgan fingerprint density at radius 2 is 1.52 bits per heavy atom. The van der Waals surface area contributed by atoms with Gasteiger partial charge in [0.25, 0.3) is 0 Å². The van der Waals surface area contributed by atoms with E-state index >= 15 is 0 Å². The second kappa shape index (κ2) is 10.6. The van der Waals surface area contributed by atoms with Crippen LogP contribution in [0.3, 0.4) is 0 Å². The van der Waals surface area contributed by atoms with Gasteiger partial charge in [0.1, 0.15) is 0 Å². The van der Waals surface area contributed by atoms with Gasteiger partial charge in [-0.2, -0.15) is 0 Å². The van der Waals surface area contributed by atoms with Crippen molar-refractivity contribution < 1.29 is 0 Å². The van der Waals surface area contributed by atoms with Crippen molar-refractivity contribution in [2.45, 2.75) is 72.6 Å². The SMILES string of the molecule is CCC[CH2][Sn]([CH2]CCC)([CH2]CCC)[c]1cncc(-c2ccc3c(cnn3C)c2)n1. The summed E-state index contributed by atoms with van der Waals surface area (Å²) in [7, 11) is 1.99. The van der Waals surface area contributed by atoms with Crippen molar-refractivity contribution in [1.82, 2.24) is 19.7 Å². The van der Waals surface area contributed by atoms with E-state index in [2.05, 4.69) is 50.3 Å².